The van der Waals surface area contributed by atoms with E-state index >= 15 is 0 Å². The summed E-state index contributed by atoms with van der Waals surface area (Å²) in [6.07, 6.45) is 0.476. The van der Waals surface area contributed by atoms with Gasteiger partial charge in [-0.2, -0.15) is 4.31 Å². The zero-order valence-electron chi connectivity index (χ0n) is 14.8. The van der Waals surface area contributed by atoms with E-state index in [1.54, 1.807) is 0 Å². The Balaban J connectivity index is 2.19. The number of ether oxygens (including phenoxy) is 2. The molecule has 0 bridgehead atoms. The SMILES string of the molecule is C=CCNC(=O)C(C)OC(=O)c1ccc(Br)c(S(=O)(=O)N2CCOCC2)c1. The Bertz CT molecular complexity index is 821. The molecule has 1 aromatic carbocycles. The lowest BCUT2D eigenvalue weighted by Gasteiger charge is -2.26. The van der Waals surface area contributed by atoms with Crippen molar-refractivity contribution >= 4 is 37.8 Å². The Labute approximate surface area is 166 Å². The molecule has 1 amide bonds. The summed E-state index contributed by atoms with van der Waals surface area (Å²) >= 11 is 3.22. The van der Waals surface area contributed by atoms with Crippen LogP contribution in [0, 0.1) is 0 Å². The highest BCUT2D eigenvalue weighted by atomic mass is 79.9. The average Bonchev–Trinajstić information content (AvgIpc) is 2.66. The molecule has 8 nitrogen and oxygen atoms in total. The molecule has 0 radical (unpaired) electrons. The summed E-state index contributed by atoms with van der Waals surface area (Å²) < 4.78 is 37.6. The molecule has 27 heavy (non-hydrogen) atoms. The fourth-order valence-corrected chi connectivity index (χ4v) is 4.71. The second-order valence-corrected chi connectivity index (χ2v) is 8.50. The summed E-state index contributed by atoms with van der Waals surface area (Å²) in [5, 5.41) is 2.52. The van der Waals surface area contributed by atoms with Crippen LogP contribution in [0.15, 0.2) is 40.2 Å². The summed E-state index contributed by atoms with van der Waals surface area (Å²) in [6.45, 7) is 6.28. The van der Waals surface area contributed by atoms with Gasteiger partial charge in [0.2, 0.25) is 10.0 Å². The third kappa shape index (κ3) is 5.38. The zero-order chi connectivity index (χ0) is 20.0. The van der Waals surface area contributed by atoms with Crippen LogP contribution in [-0.2, 0) is 24.3 Å². The molecule has 1 fully saturated rings. The summed E-state index contributed by atoms with van der Waals surface area (Å²) in [5.41, 5.74) is 0.0356. The van der Waals surface area contributed by atoms with Gasteiger partial charge in [0.05, 0.1) is 23.7 Å². The largest absolute Gasteiger partial charge is 0.449 e. The van der Waals surface area contributed by atoms with Crippen molar-refractivity contribution < 1.29 is 27.5 Å². The predicted molar refractivity (Wildman–Crippen MR) is 102 cm³/mol. The minimum absolute atomic E-state index is 0.0356. The van der Waals surface area contributed by atoms with Crippen molar-refractivity contribution in [2.24, 2.45) is 0 Å². The first-order valence-electron chi connectivity index (χ1n) is 8.24. The van der Waals surface area contributed by atoms with E-state index in [-0.39, 0.29) is 30.1 Å². The van der Waals surface area contributed by atoms with Crippen LogP contribution in [0.5, 0.6) is 0 Å². The fraction of sp³-hybridized carbons (Fsp3) is 0.412. The molecule has 0 saturated carbocycles. The van der Waals surface area contributed by atoms with Gasteiger partial charge in [-0.25, -0.2) is 13.2 Å². The lowest BCUT2D eigenvalue weighted by atomic mass is 10.2. The molecule has 0 aliphatic carbocycles. The Morgan fingerprint density at radius 3 is 2.70 bits per heavy atom. The zero-order valence-corrected chi connectivity index (χ0v) is 17.2. The lowest BCUT2D eigenvalue weighted by Crippen LogP contribution is -2.40. The molecule has 1 unspecified atom stereocenters. The van der Waals surface area contributed by atoms with E-state index in [1.165, 1.54) is 35.5 Å². The number of hydrogen-bond donors (Lipinski definition) is 1. The van der Waals surface area contributed by atoms with Crippen molar-refractivity contribution in [2.45, 2.75) is 17.9 Å². The highest BCUT2D eigenvalue weighted by Gasteiger charge is 2.29. The number of amides is 1. The van der Waals surface area contributed by atoms with E-state index < -0.39 is 28.0 Å². The molecule has 1 saturated heterocycles. The predicted octanol–water partition coefficient (Wildman–Crippen LogP) is 1.32. The molecule has 0 spiro atoms. The van der Waals surface area contributed by atoms with Gasteiger partial charge in [0.1, 0.15) is 0 Å². The standard InChI is InChI=1S/C17H21BrN2O6S/c1-3-6-19-16(21)12(2)26-17(22)13-4-5-14(18)15(11-13)27(23,24)20-7-9-25-10-8-20/h3-5,11-12H,1,6-10H2,2H3,(H,19,21). The van der Waals surface area contributed by atoms with Crippen molar-refractivity contribution in [2.75, 3.05) is 32.8 Å². The molecule has 1 N–H and O–H groups in total. The minimum Gasteiger partial charge on any atom is -0.449 e. The number of morpholine rings is 1. The monoisotopic (exact) mass is 460 g/mol. The van der Waals surface area contributed by atoms with Crippen molar-refractivity contribution in [1.29, 1.82) is 0 Å². The number of nitrogens with zero attached hydrogens (tertiary/aromatic N) is 1. The third-order valence-electron chi connectivity index (χ3n) is 3.83. The Morgan fingerprint density at radius 1 is 1.41 bits per heavy atom. The highest BCUT2D eigenvalue weighted by Crippen LogP contribution is 2.27. The number of carbonyl (C=O) groups is 2. The van der Waals surface area contributed by atoms with Crippen LogP contribution in [0.2, 0.25) is 0 Å². The van der Waals surface area contributed by atoms with E-state index in [9.17, 15) is 18.0 Å². The lowest BCUT2D eigenvalue weighted by molar-refractivity contribution is -0.128. The van der Waals surface area contributed by atoms with Crippen LogP contribution in [-0.4, -0.2) is 63.6 Å². The van der Waals surface area contributed by atoms with E-state index in [4.69, 9.17) is 9.47 Å². The quantitative estimate of drug-likeness (QED) is 0.486. The van der Waals surface area contributed by atoms with Gasteiger partial charge in [0.25, 0.3) is 5.91 Å². The molecule has 148 valence electrons. The number of rotatable bonds is 7. The smallest absolute Gasteiger partial charge is 0.338 e. The van der Waals surface area contributed by atoms with Gasteiger partial charge >= 0.3 is 5.97 Å². The van der Waals surface area contributed by atoms with E-state index in [2.05, 4.69) is 27.8 Å². The molecule has 10 heteroatoms. The van der Waals surface area contributed by atoms with Gasteiger partial charge in [0.15, 0.2) is 6.10 Å². The van der Waals surface area contributed by atoms with Crippen molar-refractivity contribution in [3.8, 4) is 0 Å². The number of hydrogen-bond acceptors (Lipinski definition) is 6. The summed E-state index contributed by atoms with van der Waals surface area (Å²) in [6, 6.07) is 4.14. The number of sulfonamides is 1. The summed E-state index contributed by atoms with van der Waals surface area (Å²) in [7, 11) is -3.80. The van der Waals surface area contributed by atoms with Crippen LogP contribution in [0.25, 0.3) is 0 Å². The maximum Gasteiger partial charge on any atom is 0.338 e. The molecule has 1 aromatic rings. The molecule has 1 atom stereocenters. The number of nitrogens with one attached hydrogen (secondary N) is 1. The van der Waals surface area contributed by atoms with Gasteiger partial charge in [-0.15, -0.1) is 6.58 Å². The molecule has 1 aliphatic rings. The van der Waals surface area contributed by atoms with E-state index in [0.717, 1.165) is 0 Å². The molecule has 1 aliphatic heterocycles. The van der Waals surface area contributed by atoms with Gasteiger partial charge in [-0.3, -0.25) is 4.79 Å². The molecule has 1 heterocycles. The van der Waals surface area contributed by atoms with Crippen LogP contribution < -0.4 is 5.32 Å². The molecular formula is C17H21BrN2O6S. The first-order chi connectivity index (χ1) is 12.8. The van der Waals surface area contributed by atoms with E-state index in [0.29, 0.717) is 17.7 Å². The van der Waals surface area contributed by atoms with Gasteiger partial charge in [-0.05, 0) is 41.1 Å². The number of esters is 1. The van der Waals surface area contributed by atoms with Gasteiger partial charge in [-0.1, -0.05) is 6.08 Å². The fourth-order valence-electron chi connectivity index (χ4n) is 2.35. The third-order valence-corrected chi connectivity index (χ3v) is 6.72. The Kier molecular flexibility index (Phi) is 7.54. The van der Waals surface area contributed by atoms with Crippen LogP contribution in [0.3, 0.4) is 0 Å². The first kappa shape index (κ1) is 21.5. The van der Waals surface area contributed by atoms with Crippen molar-refractivity contribution in [1.82, 2.24) is 9.62 Å². The summed E-state index contributed by atoms with van der Waals surface area (Å²) in [5.74, 6) is -1.26. The van der Waals surface area contributed by atoms with Gasteiger partial charge in [0, 0.05) is 24.1 Å². The van der Waals surface area contributed by atoms with Gasteiger partial charge < -0.3 is 14.8 Å². The second kappa shape index (κ2) is 9.45. The topological polar surface area (TPSA) is 102 Å². The second-order valence-electron chi connectivity index (χ2n) is 5.74. The van der Waals surface area contributed by atoms with Crippen LogP contribution in [0.4, 0.5) is 0 Å². The number of benzene rings is 1. The van der Waals surface area contributed by atoms with Crippen LogP contribution in [0.1, 0.15) is 17.3 Å². The van der Waals surface area contributed by atoms with Crippen LogP contribution >= 0.6 is 15.9 Å². The average molecular weight is 461 g/mol. The van der Waals surface area contributed by atoms with Crippen molar-refractivity contribution in [3.05, 3.63) is 40.9 Å². The number of halogens is 1. The number of carbonyl (C=O) groups excluding carboxylic acids is 2. The maximum absolute atomic E-state index is 12.8. The normalized spacial score (nSPS) is 16.4. The maximum atomic E-state index is 12.8. The molecule has 0 aromatic heterocycles. The summed E-state index contributed by atoms with van der Waals surface area (Å²) in [4.78, 5) is 24.1. The first-order valence-corrected chi connectivity index (χ1v) is 10.5. The Hall–Kier alpha value is -1.75. The molecule has 2 rings (SSSR count). The van der Waals surface area contributed by atoms with Crippen molar-refractivity contribution in [3.63, 3.8) is 0 Å². The molecular weight excluding hydrogens is 440 g/mol. The minimum atomic E-state index is -3.80. The van der Waals surface area contributed by atoms with E-state index in [1.807, 2.05) is 0 Å². The highest BCUT2D eigenvalue weighted by molar-refractivity contribution is 9.10. The Morgan fingerprint density at radius 2 is 2.07 bits per heavy atom.